The number of morpholine rings is 1. The highest BCUT2D eigenvalue weighted by molar-refractivity contribution is 9.10. The molecule has 9 heteroatoms. The van der Waals surface area contributed by atoms with Crippen molar-refractivity contribution in [3.8, 4) is 0 Å². The molecule has 1 fully saturated rings. The molecule has 1 aliphatic rings. The predicted molar refractivity (Wildman–Crippen MR) is 107 cm³/mol. The van der Waals surface area contributed by atoms with E-state index in [1.807, 2.05) is 6.07 Å². The summed E-state index contributed by atoms with van der Waals surface area (Å²) in [6, 6.07) is 8.78. The first-order valence-electron chi connectivity index (χ1n) is 9.09. The first kappa shape index (κ1) is 20.5. The van der Waals surface area contributed by atoms with Crippen molar-refractivity contribution in [2.24, 2.45) is 0 Å². The highest BCUT2D eigenvalue weighted by Crippen LogP contribution is 2.14. The van der Waals surface area contributed by atoms with Crippen molar-refractivity contribution in [1.82, 2.24) is 15.0 Å². The van der Waals surface area contributed by atoms with Gasteiger partial charge < -0.3 is 19.5 Å². The second-order valence-corrected chi connectivity index (χ2v) is 7.48. The summed E-state index contributed by atoms with van der Waals surface area (Å²) in [5, 5.41) is 6.43. The van der Waals surface area contributed by atoms with Gasteiger partial charge in [-0.3, -0.25) is 14.5 Å². The fourth-order valence-electron chi connectivity index (χ4n) is 2.92. The summed E-state index contributed by atoms with van der Waals surface area (Å²) in [5.41, 5.74) is 0.529. The van der Waals surface area contributed by atoms with Crippen LogP contribution in [0, 0.1) is 6.92 Å². The Morgan fingerprint density at radius 1 is 1.29 bits per heavy atom. The third-order valence-corrected chi connectivity index (χ3v) is 4.87. The van der Waals surface area contributed by atoms with Crippen LogP contribution in [0.15, 0.2) is 39.3 Å². The maximum absolute atomic E-state index is 13.0. The fraction of sp³-hybridized carbons (Fsp3) is 0.421. The zero-order valence-electron chi connectivity index (χ0n) is 15.7. The largest absolute Gasteiger partial charge is 0.379 e. The van der Waals surface area contributed by atoms with Gasteiger partial charge in [0, 0.05) is 42.3 Å². The molecule has 3 rings (SSSR count). The van der Waals surface area contributed by atoms with Crippen LogP contribution in [0.25, 0.3) is 0 Å². The van der Waals surface area contributed by atoms with E-state index >= 15 is 0 Å². The van der Waals surface area contributed by atoms with E-state index in [4.69, 9.17) is 9.26 Å². The quantitative estimate of drug-likeness (QED) is 0.695. The Labute approximate surface area is 171 Å². The van der Waals surface area contributed by atoms with Crippen molar-refractivity contribution < 1.29 is 18.8 Å². The molecule has 1 aromatic heterocycles. The van der Waals surface area contributed by atoms with Crippen molar-refractivity contribution in [2.45, 2.75) is 6.92 Å². The van der Waals surface area contributed by atoms with E-state index in [1.54, 1.807) is 36.1 Å². The number of hydrogen-bond donors (Lipinski definition) is 1. The first-order chi connectivity index (χ1) is 13.5. The van der Waals surface area contributed by atoms with Crippen LogP contribution in [0.3, 0.4) is 0 Å². The third kappa shape index (κ3) is 5.88. The molecule has 0 atom stereocenters. The molecule has 1 saturated heterocycles. The molecule has 1 N–H and O–H groups in total. The maximum atomic E-state index is 13.0. The number of halogens is 1. The van der Waals surface area contributed by atoms with Crippen LogP contribution in [0.4, 0.5) is 5.82 Å². The van der Waals surface area contributed by atoms with Crippen molar-refractivity contribution >= 4 is 33.6 Å². The van der Waals surface area contributed by atoms with Gasteiger partial charge in [-0.2, -0.15) is 0 Å². The minimum atomic E-state index is -0.321. The number of nitrogens with zero attached hydrogens (tertiary/aromatic N) is 3. The Balaban J connectivity index is 1.67. The van der Waals surface area contributed by atoms with Gasteiger partial charge in [-0.25, -0.2) is 0 Å². The molecule has 2 heterocycles. The van der Waals surface area contributed by atoms with Gasteiger partial charge in [-0.15, -0.1) is 0 Å². The van der Waals surface area contributed by atoms with E-state index in [-0.39, 0.29) is 18.4 Å². The highest BCUT2D eigenvalue weighted by Gasteiger charge is 2.21. The van der Waals surface area contributed by atoms with Crippen LogP contribution in [0.5, 0.6) is 0 Å². The maximum Gasteiger partial charge on any atom is 0.254 e. The molecule has 1 aromatic carbocycles. The summed E-state index contributed by atoms with van der Waals surface area (Å²) in [4.78, 5) is 29.2. The zero-order valence-corrected chi connectivity index (χ0v) is 17.3. The molecule has 0 aliphatic carbocycles. The second kappa shape index (κ2) is 9.81. The van der Waals surface area contributed by atoms with E-state index in [0.29, 0.717) is 43.4 Å². The number of anilines is 1. The topological polar surface area (TPSA) is 87.9 Å². The monoisotopic (exact) mass is 450 g/mol. The molecule has 0 spiro atoms. The number of aromatic nitrogens is 1. The van der Waals surface area contributed by atoms with E-state index in [1.165, 1.54) is 0 Å². The van der Waals surface area contributed by atoms with Gasteiger partial charge in [0.2, 0.25) is 5.91 Å². The Bertz CT molecular complexity index is 820. The average molecular weight is 451 g/mol. The molecule has 2 aromatic rings. The van der Waals surface area contributed by atoms with Crippen LogP contribution in [0.1, 0.15) is 16.1 Å². The Morgan fingerprint density at radius 3 is 2.75 bits per heavy atom. The number of carbonyl (C=O) groups excluding carboxylic acids is 2. The zero-order chi connectivity index (χ0) is 19.9. The smallest absolute Gasteiger partial charge is 0.254 e. The standard InChI is InChI=1S/C19H23BrN4O4/c1-14-11-17(22-28-14)21-18(25)13-24(6-5-23-7-9-27-10-8-23)19(26)15-3-2-4-16(20)12-15/h2-4,11-12H,5-10,13H2,1H3,(H,21,22,25). The predicted octanol–water partition coefficient (Wildman–Crippen LogP) is 2.16. The molecule has 8 nitrogen and oxygen atoms in total. The van der Waals surface area contributed by atoms with Gasteiger partial charge in [0.15, 0.2) is 5.82 Å². The SMILES string of the molecule is Cc1cc(NC(=O)CN(CCN2CCOCC2)C(=O)c2cccc(Br)c2)no1. The van der Waals surface area contributed by atoms with Crippen molar-refractivity contribution in [3.05, 3.63) is 46.1 Å². The molecule has 150 valence electrons. The molecule has 2 amide bonds. The number of benzene rings is 1. The molecule has 0 bridgehead atoms. The van der Waals surface area contributed by atoms with E-state index in [2.05, 4.69) is 31.3 Å². The van der Waals surface area contributed by atoms with E-state index in [9.17, 15) is 9.59 Å². The highest BCUT2D eigenvalue weighted by atomic mass is 79.9. The normalized spacial score (nSPS) is 14.6. The summed E-state index contributed by atoms with van der Waals surface area (Å²) >= 11 is 3.39. The van der Waals surface area contributed by atoms with Crippen LogP contribution < -0.4 is 5.32 Å². The van der Waals surface area contributed by atoms with E-state index in [0.717, 1.165) is 17.6 Å². The molecule has 0 unspecified atom stereocenters. The number of carbonyl (C=O) groups is 2. The van der Waals surface area contributed by atoms with Gasteiger partial charge in [-0.1, -0.05) is 27.2 Å². The minimum Gasteiger partial charge on any atom is -0.379 e. The molecular weight excluding hydrogens is 428 g/mol. The Kier molecular flexibility index (Phi) is 7.18. The molecular formula is C19H23BrN4O4. The number of aryl methyl sites for hydroxylation is 1. The molecule has 0 radical (unpaired) electrons. The number of ether oxygens (including phenoxy) is 1. The lowest BCUT2D eigenvalue weighted by Gasteiger charge is -2.30. The van der Waals surface area contributed by atoms with Crippen LogP contribution in [0.2, 0.25) is 0 Å². The lowest BCUT2D eigenvalue weighted by molar-refractivity contribution is -0.117. The number of nitrogens with one attached hydrogen (secondary N) is 1. The lowest BCUT2D eigenvalue weighted by Crippen LogP contribution is -2.45. The summed E-state index contributed by atoms with van der Waals surface area (Å²) in [6.45, 7) is 5.82. The van der Waals surface area contributed by atoms with Crippen molar-refractivity contribution in [1.29, 1.82) is 0 Å². The molecule has 28 heavy (non-hydrogen) atoms. The van der Waals surface area contributed by atoms with Crippen LogP contribution >= 0.6 is 15.9 Å². The second-order valence-electron chi connectivity index (χ2n) is 6.56. The van der Waals surface area contributed by atoms with Crippen molar-refractivity contribution in [2.75, 3.05) is 51.3 Å². The fourth-order valence-corrected chi connectivity index (χ4v) is 3.32. The van der Waals surface area contributed by atoms with Gasteiger partial charge in [0.05, 0.1) is 13.2 Å². The summed E-state index contributed by atoms with van der Waals surface area (Å²) in [7, 11) is 0. The number of amides is 2. The third-order valence-electron chi connectivity index (χ3n) is 4.38. The van der Waals surface area contributed by atoms with Gasteiger partial charge in [0.25, 0.3) is 5.91 Å². The molecule has 0 saturated carbocycles. The summed E-state index contributed by atoms with van der Waals surface area (Å²) in [6.07, 6.45) is 0. The van der Waals surface area contributed by atoms with Gasteiger partial charge in [-0.05, 0) is 25.1 Å². The van der Waals surface area contributed by atoms with Gasteiger partial charge >= 0.3 is 0 Å². The average Bonchev–Trinajstić information content (AvgIpc) is 3.10. The summed E-state index contributed by atoms with van der Waals surface area (Å²) in [5.74, 6) is 0.426. The van der Waals surface area contributed by atoms with Gasteiger partial charge in [0.1, 0.15) is 12.3 Å². The van der Waals surface area contributed by atoms with Crippen molar-refractivity contribution in [3.63, 3.8) is 0 Å². The van der Waals surface area contributed by atoms with Crippen LogP contribution in [-0.4, -0.2) is 72.7 Å². The van der Waals surface area contributed by atoms with Crippen LogP contribution in [-0.2, 0) is 9.53 Å². The lowest BCUT2D eigenvalue weighted by atomic mass is 10.2. The summed E-state index contributed by atoms with van der Waals surface area (Å²) < 4.78 is 11.1. The first-order valence-corrected chi connectivity index (χ1v) is 9.88. The Morgan fingerprint density at radius 2 is 2.07 bits per heavy atom. The number of hydrogen-bond acceptors (Lipinski definition) is 6. The van der Waals surface area contributed by atoms with E-state index < -0.39 is 0 Å². The molecule has 1 aliphatic heterocycles. The minimum absolute atomic E-state index is 0.0679. The number of rotatable bonds is 7. The Hall–Kier alpha value is -2.23.